The van der Waals surface area contributed by atoms with E-state index in [0.29, 0.717) is 36.6 Å². The summed E-state index contributed by atoms with van der Waals surface area (Å²) in [5.41, 5.74) is 9.21. The fourth-order valence-corrected chi connectivity index (χ4v) is 5.92. The molecule has 1 unspecified atom stereocenters. The highest BCUT2D eigenvalue weighted by Crippen LogP contribution is 2.31. The lowest BCUT2D eigenvalue weighted by Gasteiger charge is -2.42. The molecule has 1 aromatic carbocycles. The lowest BCUT2D eigenvalue weighted by molar-refractivity contribution is 0.0982. The Morgan fingerprint density at radius 1 is 0.927 bits per heavy atom. The minimum atomic E-state index is -0.647. The number of hydrogen-bond donors (Lipinski definition) is 3. The van der Waals surface area contributed by atoms with Gasteiger partial charge in [-0.2, -0.15) is 0 Å². The number of anilines is 4. The second-order valence-corrected chi connectivity index (χ2v) is 11.2. The van der Waals surface area contributed by atoms with Gasteiger partial charge in [0.25, 0.3) is 5.91 Å². The van der Waals surface area contributed by atoms with Gasteiger partial charge in [-0.1, -0.05) is 0 Å². The van der Waals surface area contributed by atoms with Gasteiger partial charge in [-0.3, -0.25) is 14.7 Å². The van der Waals surface area contributed by atoms with Crippen LogP contribution in [0.5, 0.6) is 0 Å². The summed E-state index contributed by atoms with van der Waals surface area (Å²) < 4.78 is 5.55. The van der Waals surface area contributed by atoms with Gasteiger partial charge in [-0.25, -0.2) is 9.97 Å². The zero-order valence-corrected chi connectivity index (χ0v) is 23.6. The summed E-state index contributed by atoms with van der Waals surface area (Å²) in [5.74, 6) is 0.238. The molecule has 11 heteroatoms. The van der Waals surface area contributed by atoms with E-state index in [-0.39, 0.29) is 11.7 Å². The molecular weight excluding hydrogens is 518 g/mol. The van der Waals surface area contributed by atoms with Crippen LogP contribution in [-0.4, -0.2) is 102 Å². The average Bonchev–Trinajstić information content (AvgIpc) is 3.52. The number of aromatic nitrogens is 3. The monoisotopic (exact) mass is 557 g/mol. The van der Waals surface area contributed by atoms with E-state index in [2.05, 4.69) is 54.5 Å². The number of piperazine rings is 1. The van der Waals surface area contributed by atoms with Crippen molar-refractivity contribution in [2.75, 3.05) is 75.1 Å². The van der Waals surface area contributed by atoms with Crippen LogP contribution in [-0.2, 0) is 4.74 Å². The molecule has 3 fully saturated rings. The summed E-state index contributed by atoms with van der Waals surface area (Å²) in [6.07, 6.45) is 6.61. The minimum Gasteiger partial charge on any atom is -0.379 e. The second kappa shape index (κ2) is 12.4. The Bertz CT molecular complexity index is 1320. The van der Waals surface area contributed by atoms with Crippen molar-refractivity contribution in [2.24, 2.45) is 5.73 Å². The van der Waals surface area contributed by atoms with Crippen LogP contribution in [0.15, 0.2) is 48.8 Å². The fourth-order valence-electron chi connectivity index (χ4n) is 5.92. The largest absolute Gasteiger partial charge is 0.379 e. The molecule has 0 aliphatic carbocycles. The molecule has 3 saturated heterocycles. The summed E-state index contributed by atoms with van der Waals surface area (Å²) in [6.45, 7) is 8.06. The van der Waals surface area contributed by atoms with E-state index in [1.54, 1.807) is 12.4 Å². The van der Waals surface area contributed by atoms with Crippen molar-refractivity contribution in [3.63, 3.8) is 0 Å². The number of nitrogens with two attached hydrogens (primary N) is 1. The number of benzene rings is 1. The predicted octanol–water partition coefficient (Wildman–Crippen LogP) is 2.80. The summed E-state index contributed by atoms with van der Waals surface area (Å²) in [6, 6.07) is 12.7. The van der Waals surface area contributed by atoms with Crippen LogP contribution in [0.2, 0.25) is 0 Å². The molecule has 216 valence electrons. The van der Waals surface area contributed by atoms with Crippen molar-refractivity contribution < 1.29 is 9.53 Å². The van der Waals surface area contributed by atoms with Crippen molar-refractivity contribution in [1.29, 1.82) is 0 Å². The van der Waals surface area contributed by atoms with Crippen LogP contribution < -0.4 is 21.3 Å². The first-order valence-electron chi connectivity index (χ1n) is 14.5. The smallest absolute Gasteiger partial charge is 0.271 e. The van der Waals surface area contributed by atoms with Crippen molar-refractivity contribution in [2.45, 2.75) is 31.3 Å². The van der Waals surface area contributed by atoms with Crippen molar-refractivity contribution in [3.05, 3.63) is 54.5 Å². The molecule has 6 rings (SSSR count). The third kappa shape index (κ3) is 6.42. The number of nitrogens with zero attached hydrogens (tertiary/aromatic N) is 6. The molecule has 41 heavy (non-hydrogen) atoms. The van der Waals surface area contributed by atoms with Gasteiger partial charge in [0.05, 0.1) is 12.6 Å². The first kappa shape index (κ1) is 27.4. The third-order valence-corrected chi connectivity index (χ3v) is 8.37. The van der Waals surface area contributed by atoms with Crippen LogP contribution in [0.3, 0.4) is 0 Å². The normalized spacial score (nSPS) is 20.7. The van der Waals surface area contributed by atoms with Crippen LogP contribution >= 0.6 is 0 Å². The molecule has 3 aliphatic rings. The van der Waals surface area contributed by atoms with Gasteiger partial charge in [0.15, 0.2) is 17.3 Å². The Morgan fingerprint density at radius 2 is 1.66 bits per heavy atom. The first-order valence-corrected chi connectivity index (χ1v) is 14.5. The zero-order valence-electron chi connectivity index (χ0n) is 23.6. The predicted molar refractivity (Wildman–Crippen MR) is 161 cm³/mol. The lowest BCUT2D eigenvalue weighted by atomic mass is 10.0. The fraction of sp³-hybridized carbons (Fsp3) is 0.467. The van der Waals surface area contributed by atoms with E-state index < -0.39 is 5.91 Å². The zero-order chi connectivity index (χ0) is 28.2. The quantitative estimate of drug-likeness (QED) is 0.381. The highest BCUT2D eigenvalue weighted by atomic mass is 16.5. The maximum absolute atomic E-state index is 12.5. The molecule has 0 saturated carbocycles. The van der Waals surface area contributed by atoms with Crippen LogP contribution in [0, 0.1) is 0 Å². The van der Waals surface area contributed by atoms with Crippen molar-refractivity contribution >= 4 is 28.9 Å². The number of piperidine rings is 1. The standard InChI is InChI=1S/C30H39N9O2/c1-37-15-17-39(18-16-37)25-8-13-38(14-9-25)24-4-2-22(3-5-24)33-30-27(28(31)40)35-26(21-6-11-32-12-7-21)29(36-30)34-23-10-19-41-20-23/h2-7,11-12,23,25H,8-10,13-20H2,1H3,(H2,31,40)(H2,33,34,36). The van der Waals surface area contributed by atoms with Crippen molar-refractivity contribution in [3.8, 4) is 11.3 Å². The number of carbonyl (C=O) groups is 1. The van der Waals surface area contributed by atoms with Gasteiger partial charge in [0.2, 0.25) is 0 Å². The highest BCUT2D eigenvalue weighted by Gasteiger charge is 2.27. The van der Waals surface area contributed by atoms with Gasteiger partial charge in [0.1, 0.15) is 5.69 Å². The molecule has 3 aliphatic heterocycles. The molecule has 5 heterocycles. The maximum atomic E-state index is 12.5. The number of pyridine rings is 1. The molecule has 2 aromatic heterocycles. The van der Waals surface area contributed by atoms with E-state index in [1.807, 2.05) is 24.3 Å². The number of hydrogen-bond acceptors (Lipinski definition) is 10. The Hall–Kier alpha value is -3.80. The Balaban J connectivity index is 1.18. The van der Waals surface area contributed by atoms with E-state index >= 15 is 0 Å². The lowest BCUT2D eigenvalue weighted by Crippen LogP contribution is -2.52. The third-order valence-electron chi connectivity index (χ3n) is 8.37. The Morgan fingerprint density at radius 3 is 2.32 bits per heavy atom. The Kier molecular flexibility index (Phi) is 8.26. The van der Waals surface area contributed by atoms with Gasteiger partial charge in [0, 0.05) is 81.2 Å². The molecule has 0 radical (unpaired) electrons. The average molecular weight is 558 g/mol. The molecule has 0 spiro atoms. The first-order chi connectivity index (χ1) is 20.0. The molecule has 0 bridgehead atoms. The molecule has 3 aromatic rings. The molecule has 4 N–H and O–H groups in total. The Labute approximate surface area is 241 Å². The van der Waals surface area contributed by atoms with Crippen LogP contribution in [0.1, 0.15) is 29.8 Å². The second-order valence-electron chi connectivity index (χ2n) is 11.2. The minimum absolute atomic E-state index is 0.0834. The van der Waals surface area contributed by atoms with Crippen LogP contribution in [0.4, 0.5) is 23.0 Å². The van der Waals surface area contributed by atoms with Gasteiger partial charge in [-0.15, -0.1) is 0 Å². The SMILES string of the molecule is CN1CCN(C2CCN(c3ccc(Nc4nc(NC5CCOC5)c(-c5ccncc5)nc4C(N)=O)cc3)CC2)CC1. The molecule has 1 atom stereocenters. The van der Waals surface area contributed by atoms with E-state index in [1.165, 1.54) is 31.6 Å². The number of carbonyl (C=O) groups excluding carboxylic acids is 1. The van der Waals surface area contributed by atoms with Gasteiger partial charge in [-0.05, 0) is 62.7 Å². The number of primary amides is 1. The number of ether oxygens (including phenoxy) is 1. The number of likely N-dealkylation sites (N-methyl/N-ethyl adjacent to an activating group) is 1. The van der Waals surface area contributed by atoms with Crippen molar-refractivity contribution in [1.82, 2.24) is 24.8 Å². The highest BCUT2D eigenvalue weighted by molar-refractivity contribution is 5.97. The van der Waals surface area contributed by atoms with Gasteiger partial charge >= 0.3 is 0 Å². The molecule has 11 nitrogen and oxygen atoms in total. The topological polar surface area (TPSA) is 125 Å². The maximum Gasteiger partial charge on any atom is 0.271 e. The van der Waals surface area contributed by atoms with E-state index in [4.69, 9.17) is 15.5 Å². The summed E-state index contributed by atoms with van der Waals surface area (Å²) in [5, 5.41) is 6.75. The van der Waals surface area contributed by atoms with Crippen LogP contribution in [0.25, 0.3) is 11.3 Å². The summed E-state index contributed by atoms with van der Waals surface area (Å²) in [7, 11) is 2.21. The molecule has 1 amide bonds. The van der Waals surface area contributed by atoms with E-state index in [9.17, 15) is 4.79 Å². The number of nitrogens with one attached hydrogen (secondary N) is 2. The van der Waals surface area contributed by atoms with Gasteiger partial charge < -0.3 is 30.9 Å². The van der Waals surface area contributed by atoms with E-state index in [0.717, 1.165) is 43.9 Å². The number of amides is 1. The molecular formula is C30H39N9O2. The summed E-state index contributed by atoms with van der Waals surface area (Å²) in [4.78, 5) is 33.6. The summed E-state index contributed by atoms with van der Waals surface area (Å²) >= 11 is 0. The number of rotatable bonds is 8.